The van der Waals surface area contributed by atoms with Crippen molar-refractivity contribution in [2.24, 2.45) is 0 Å². The van der Waals surface area contributed by atoms with Gasteiger partial charge in [-0.3, -0.25) is 9.69 Å². The number of hydrogen-bond donors (Lipinski definition) is 1. The SMILES string of the molecule is CCN1C(=O)N[C@H](c2ccc(Br)cc2)C(C(C)=O)=C1C. The molecule has 1 aromatic carbocycles. The van der Waals surface area contributed by atoms with Gasteiger partial charge in [0.2, 0.25) is 0 Å². The number of carbonyl (C=O) groups excluding carboxylic acids is 2. The van der Waals surface area contributed by atoms with E-state index >= 15 is 0 Å². The largest absolute Gasteiger partial charge is 0.327 e. The van der Waals surface area contributed by atoms with Gasteiger partial charge in [0.05, 0.1) is 6.04 Å². The van der Waals surface area contributed by atoms with E-state index in [0.29, 0.717) is 12.1 Å². The van der Waals surface area contributed by atoms with E-state index in [1.165, 1.54) is 6.92 Å². The summed E-state index contributed by atoms with van der Waals surface area (Å²) < 4.78 is 0.962. The van der Waals surface area contributed by atoms with Crippen molar-refractivity contribution in [2.45, 2.75) is 26.8 Å². The molecule has 5 heteroatoms. The molecule has 0 spiro atoms. The van der Waals surface area contributed by atoms with Crippen LogP contribution < -0.4 is 5.32 Å². The van der Waals surface area contributed by atoms with Crippen molar-refractivity contribution < 1.29 is 9.59 Å². The van der Waals surface area contributed by atoms with Gasteiger partial charge in [-0.1, -0.05) is 28.1 Å². The number of rotatable bonds is 3. The molecular weight excluding hydrogens is 320 g/mol. The molecule has 0 aromatic heterocycles. The van der Waals surface area contributed by atoms with Gasteiger partial charge in [0, 0.05) is 22.3 Å². The molecule has 1 aromatic rings. The van der Waals surface area contributed by atoms with E-state index < -0.39 is 0 Å². The fourth-order valence-electron chi connectivity index (χ4n) is 2.52. The lowest BCUT2D eigenvalue weighted by molar-refractivity contribution is -0.114. The lowest BCUT2D eigenvalue weighted by atomic mass is 9.92. The van der Waals surface area contributed by atoms with Crippen molar-refractivity contribution in [2.75, 3.05) is 6.54 Å². The second-order valence-electron chi connectivity index (χ2n) is 4.73. The normalized spacial score (nSPS) is 19.1. The molecule has 0 fully saturated rings. The molecule has 2 rings (SSSR count). The van der Waals surface area contributed by atoms with Crippen molar-refractivity contribution in [3.05, 3.63) is 45.6 Å². The molecule has 0 saturated heterocycles. The zero-order valence-electron chi connectivity index (χ0n) is 11.7. The summed E-state index contributed by atoms with van der Waals surface area (Å²) in [6.07, 6.45) is 0. The van der Waals surface area contributed by atoms with Gasteiger partial charge < -0.3 is 5.32 Å². The molecule has 2 amide bonds. The number of hydrogen-bond acceptors (Lipinski definition) is 2. The number of nitrogens with zero attached hydrogens (tertiary/aromatic N) is 1. The van der Waals surface area contributed by atoms with Crippen LogP contribution >= 0.6 is 15.9 Å². The third-order valence-corrected chi connectivity index (χ3v) is 4.02. The van der Waals surface area contributed by atoms with E-state index in [2.05, 4.69) is 21.2 Å². The third kappa shape index (κ3) is 2.63. The standard InChI is InChI=1S/C15H17BrN2O2/c1-4-18-9(2)13(10(3)19)14(17-15(18)20)11-5-7-12(16)8-6-11/h5-8,14H,4H2,1-3H3,(H,17,20)/t14-/m1/s1. The van der Waals surface area contributed by atoms with Gasteiger partial charge in [0.25, 0.3) is 0 Å². The molecule has 1 aliphatic rings. The summed E-state index contributed by atoms with van der Waals surface area (Å²) in [4.78, 5) is 25.7. The average molecular weight is 337 g/mol. The zero-order chi connectivity index (χ0) is 14.9. The highest BCUT2D eigenvalue weighted by atomic mass is 79.9. The first-order valence-electron chi connectivity index (χ1n) is 6.51. The van der Waals surface area contributed by atoms with Gasteiger partial charge in [-0.25, -0.2) is 4.79 Å². The molecule has 0 radical (unpaired) electrons. The lowest BCUT2D eigenvalue weighted by Gasteiger charge is -2.35. The summed E-state index contributed by atoms with van der Waals surface area (Å²) in [5.74, 6) is -0.0196. The number of benzene rings is 1. The smallest absolute Gasteiger partial charge is 0.322 e. The summed E-state index contributed by atoms with van der Waals surface area (Å²) >= 11 is 3.38. The van der Waals surface area contributed by atoms with E-state index in [0.717, 1.165) is 15.7 Å². The summed E-state index contributed by atoms with van der Waals surface area (Å²) in [6.45, 7) is 5.79. The molecule has 1 heterocycles. The molecular formula is C15H17BrN2O2. The zero-order valence-corrected chi connectivity index (χ0v) is 13.3. The number of amides is 2. The molecule has 0 saturated carbocycles. The molecule has 0 aliphatic carbocycles. The van der Waals surface area contributed by atoms with Gasteiger partial charge in [-0.05, 0) is 38.5 Å². The Balaban J connectivity index is 2.51. The number of carbonyl (C=O) groups is 2. The third-order valence-electron chi connectivity index (χ3n) is 3.50. The second kappa shape index (κ2) is 5.79. The van der Waals surface area contributed by atoms with Crippen LogP contribution in [0.5, 0.6) is 0 Å². The van der Waals surface area contributed by atoms with E-state index in [9.17, 15) is 9.59 Å². The Labute approximate surface area is 127 Å². The monoisotopic (exact) mass is 336 g/mol. The number of ketones is 1. The van der Waals surface area contributed by atoms with Gasteiger partial charge in [0.15, 0.2) is 5.78 Å². The minimum atomic E-state index is -0.379. The van der Waals surface area contributed by atoms with Crippen LogP contribution in [0.25, 0.3) is 0 Å². The number of urea groups is 1. The first-order valence-corrected chi connectivity index (χ1v) is 7.30. The Morgan fingerprint density at radius 2 is 1.95 bits per heavy atom. The van der Waals surface area contributed by atoms with Crippen molar-refractivity contribution in [1.82, 2.24) is 10.2 Å². The second-order valence-corrected chi connectivity index (χ2v) is 5.65. The van der Waals surface area contributed by atoms with Crippen LogP contribution in [0.2, 0.25) is 0 Å². The number of nitrogens with one attached hydrogen (secondary N) is 1. The molecule has 0 unspecified atom stereocenters. The molecule has 106 valence electrons. The van der Waals surface area contributed by atoms with Gasteiger partial charge in [-0.2, -0.15) is 0 Å². The van der Waals surface area contributed by atoms with Crippen molar-refractivity contribution in [3.63, 3.8) is 0 Å². The van der Waals surface area contributed by atoms with Crippen LogP contribution in [0.1, 0.15) is 32.4 Å². The Morgan fingerprint density at radius 1 is 1.35 bits per heavy atom. The van der Waals surface area contributed by atoms with Crippen LogP contribution in [0.4, 0.5) is 4.79 Å². The number of Topliss-reactive ketones (excluding diaryl/α,β-unsaturated/α-hetero) is 1. The maximum atomic E-state index is 12.1. The fraction of sp³-hybridized carbons (Fsp3) is 0.333. The highest BCUT2D eigenvalue weighted by molar-refractivity contribution is 9.10. The summed E-state index contributed by atoms with van der Waals surface area (Å²) in [5.41, 5.74) is 2.28. The minimum Gasteiger partial charge on any atom is -0.327 e. The molecule has 1 N–H and O–H groups in total. The van der Waals surface area contributed by atoms with E-state index in [1.807, 2.05) is 38.1 Å². The van der Waals surface area contributed by atoms with E-state index in [1.54, 1.807) is 4.90 Å². The maximum Gasteiger partial charge on any atom is 0.322 e. The van der Waals surface area contributed by atoms with E-state index in [4.69, 9.17) is 0 Å². The van der Waals surface area contributed by atoms with Crippen LogP contribution in [0.15, 0.2) is 40.0 Å². The van der Waals surface area contributed by atoms with Crippen molar-refractivity contribution in [1.29, 1.82) is 0 Å². The quantitative estimate of drug-likeness (QED) is 0.919. The Hall–Kier alpha value is -1.62. The number of halogens is 1. The summed E-state index contributed by atoms with van der Waals surface area (Å²) in [6, 6.07) is 7.08. The molecule has 0 bridgehead atoms. The predicted molar refractivity (Wildman–Crippen MR) is 81.2 cm³/mol. The summed E-state index contributed by atoms with van der Waals surface area (Å²) in [5, 5.41) is 2.91. The minimum absolute atomic E-state index is 0.0196. The fourth-order valence-corrected chi connectivity index (χ4v) is 2.79. The molecule has 4 nitrogen and oxygen atoms in total. The highest BCUT2D eigenvalue weighted by Crippen LogP contribution is 2.31. The molecule has 1 atom stereocenters. The first kappa shape index (κ1) is 14.8. The van der Waals surface area contributed by atoms with Crippen LogP contribution in [0.3, 0.4) is 0 Å². The Morgan fingerprint density at radius 3 is 2.45 bits per heavy atom. The molecule has 1 aliphatic heterocycles. The van der Waals surface area contributed by atoms with Crippen molar-refractivity contribution >= 4 is 27.7 Å². The van der Waals surface area contributed by atoms with Gasteiger partial charge in [-0.15, -0.1) is 0 Å². The molecule has 20 heavy (non-hydrogen) atoms. The predicted octanol–water partition coefficient (Wildman–Crippen LogP) is 3.40. The van der Waals surface area contributed by atoms with Crippen LogP contribution in [-0.4, -0.2) is 23.3 Å². The van der Waals surface area contributed by atoms with Crippen molar-refractivity contribution in [3.8, 4) is 0 Å². The van der Waals surface area contributed by atoms with E-state index in [-0.39, 0.29) is 17.9 Å². The maximum absolute atomic E-state index is 12.1. The Bertz CT molecular complexity index is 578. The first-order chi connectivity index (χ1) is 9.45. The number of allylic oxidation sites excluding steroid dienone is 1. The Kier molecular flexibility index (Phi) is 4.28. The summed E-state index contributed by atoms with van der Waals surface area (Å²) in [7, 11) is 0. The lowest BCUT2D eigenvalue weighted by Crippen LogP contribution is -2.47. The highest BCUT2D eigenvalue weighted by Gasteiger charge is 2.33. The van der Waals surface area contributed by atoms with Crippen LogP contribution in [0, 0.1) is 0 Å². The van der Waals surface area contributed by atoms with Crippen LogP contribution in [-0.2, 0) is 4.79 Å². The topological polar surface area (TPSA) is 49.4 Å². The van der Waals surface area contributed by atoms with Gasteiger partial charge >= 0.3 is 6.03 Å². The van der Waals surface area contributed by atoms with Gasteiger partial charge in [0.1, 0.15) is 0 Å². The average Bonchev–Trinajstić information content (AvgIpc) is 2.38.